The highest BCUT2D eigenvalue weighted by Gasteiger charge is 2.31. The number of hydrogen-bond acceptors (Lipinski definition) is 3. The zero-order valence-electron chi connectivity index (χ0n) is 9.69. The summed E-state index contributed by atoms with van der Waals surface area (Å²) in [5.41, 5.74) is 7.61. The number of fused-ring (bicyclic) bond motifs is 1. The second-order valence-corrected chi connectivity index (χ2v) is 4.20. The quantitative estimate of drug-likeness (QED) is 0.785. The summed E-state index contributed by atoms with van der Waals surface area (Å²) < 4.78 is 0. The van der Waals surface area contributed by atoms with Crippen LogP contribution in [0.25, 0.3) is 0 Å². The number of benzene rings is 1. The number of carbonyl (C=O) groups excluding carboxylic acids is 2. The maximum Gasteiger partial charge on any atom is 0.259 e. The van der Waals surface area contributed by atoms with Crippen molar-refractivity contribution in [2.45, 2.75) is 25.8 Å². The fourth-order valence-corrected chi connectivity index (χ4v) is 1.91. The Morgan fingerprint density at radius 3 is 2.41 bits per heavy atom. The fraction of sp³-hybridized carbons (Fsp3) is 0.333. The minimum Gasteiger partial charge on any atom is -0.327 e. The van der Waals surface area contributed by atoms with E-state index in [0.29, 0.717) is 11.1 Å². The van der Waals surface area contributed by atoms with E-state index in [1.165, 1.54) is 0 Å². The maximum absolute atomic E-state index is 11.7. The SMILES string of the molecule is CC(N)C(C)c1cccc2c1C(=O)NC2=O.Cl. The Bertz CT molecular complexity index is 472. The minimum atomic E-state index is -0.321. The smallest absolute Gasteiger partial charge is 0.259 e. The molecule has 0 radical (unpaired) electrons. The highest BCUT2D eigenvalue weighted by Crippen LogP contribution is 2.27. The van der Waals surface area contributed by atoms with Crippen LogP contribution in [0.3, 0.4) is 0 Å². The van der Waals surface area contributed by atoms with Crippen molar-refractivity contribution < 1.29 is 9.59 Å². The van der Waals surface area contributed by atoms with Gasteiger partial charge < -0.3 is 5.73 Å². The zero-order chi connectivity index (χ0) is 11.9. The lowest BCUT2D eigenvalue weighted by atomic mass is 9.89. The lowest BCUT2D eigenvalue weighted by Crippen LogP contribution is -2.25. The normalized spacial score (nSPS) is 16.9. The Morgan fingerprint density at radius 2 is 1.82 bits per heavy atom. The molecule has 1 aromatic rings. The summed E-state index contributed by atoms with van der Waals surface area (Å²) in [6.07, 6.45) is 0. The van der Waals surface area contributed by atoms with E-state index in [0.717, 1.165) is 5.56 Å². The highest BCUT2D eigenvalue weighted by atomic mass is 35.5. The molecular formula is C12H15ClN2O2. The third-order valence-electron chi connectivity index (χ3n) is 3.07. The average Bonchev–Trinajstić information content (AvgIpc) is 2.54. The van der Waals surface area contributed by atoms with Crippen molar-refractivity contribution in [2.24, 2.45) is 5.73 Å². The Labute approximate surface area is 106 Å². The molecule has 2 amide bonds. The molecule has 0 aromatic heterocycles. The van der Waals surface area contributed by atoms with Crippen LogP contribution in [0.15, 0.2) is 18.2 Å². The van der Waals surface area contributed by atoms with Crippen LogP contribution in [0.1, 0.15) is 46.0 Å². The van der Waals surface area contributed by atoms with Crippen molar-refractivity contribution in [3.05, 3.63) is 34.9 Å². The third-order valence-corrected chi connectivity index (χ3v) is 3.07. The van der Waals surface area contributed by atoms with Crippen LogP contribution in [-0.4, -0.2) is 17.9 Å². The van der Waals surface area contributed by atoms with Gasteiger partial charge in [-0.2, -0.15) is 0 Å². The molecule has 0 fully saturated rings. The number of carbonyl (C=O) groups is 2. The van der Waals surface area contributed by atoms with E-state index < -0.39 is 0 Å². The number of hydrogen-bond donors (Lipinski definition) is 2. The van der Waals surface area contributed by atoms with E-state index in [9.17, 15) is 9.59 Å². The molecule has 2 unspecified atom stereocenters. The molecule has 17 heavy (non-hydrogen) atoms. The van der Waals surface area contributed by atoms with Gasteiger partial charge in [0, 0.05) is 6.04 Å². The predicted octanol–water partition coefficient (Wildman–Crippen LogP) is 1.44. The van der Waals surface area contributed by atoms with Gasteiger partial charge in [-0.25, -0.2) is 0 Å². The van der Waals surface area contributed by atoms with Gasteiger partial charge >= 0.3 is 0 Å². The largest absolute Gasteiger partial charge is 0.327 e. The number of rotatable bonds is 2. The first-order valence-corrected chi connectivity index (χ1v) is 5.26. The molecule has 1 aromatic carbocycles. The van der Waals surface area contributed by atoms with Crippen molar-refractivity contribution >= 4 is 24.2 Å². The molecule has 2 atom stereocenters. The third kappa shape index (κ3) is 2.18. The molecule has 0 saturated carbocycles. The van der Waals surface area contributed by atoms with Crippen molar-refractivity contribution in [1.29, 1.82) is 0 Å². The van der Waals surface area contributed by atoms with Gasteiger partial charge in [0.25, 0.3) is 11.8 Å². The zero-order valence-corrected chi connectivity index (χ0v) is 10.5. The maximum atomic E-state index is 11.7. The Balaban J connectivity index is 0.00000144. The van der Waals surface area contributed by atoms with Crippen molar-refractivity contribution in [3.63, 3.8) is 0 Å². The molecule has 1 aliphatic heterocycles. The lowest BCUT2D eigenvalue weighted by Gasteiger charge is -2.17. The number of imide groups is 1. The summed E-state index contributed by atoms with van der Waals surface area (Å²) in [4.78, 5) is 23.1. The van der Waals surface area contributed by atoms with E-state index in [1.807, 2.05) is 19.9 Å². The predicted molar refractivity (Wildman–Crippen MR) is 67.6 cm³/mol. The fourth-order valence-electron chi connectivity index (χ4n) is 1.91. The first kappa shape index (κ1) is 13.7. The summed E-state index contributed by atoms with van der Waals surface area (Å²) in [6.45, 7) is 3.84. The highest BCUT2D eigenvalue weighted by molar-refractivity contribution is 6.22. The molecule has 0 aliphatic carbocycles. The standard InChI is InChI=1S/C12H14N2O2.ClH/c1-6(7(2)13)8-4-3-5-9-10(8)12(16)14-11(9)15;/h3-7H,13H2,1-2H3,(H,14,15,16);1H. The lowest BCUT2D eigenvalue weighted by molar-refractivity contribution is 0.0879. The molecule has 0 saturated heterocycles. The van der Waals surface area contributed by atoms with E-state index in [4.69, 9.17) is 5.73 Å². The Kier molecular flexibility index (Phi) is 3.91. The second kappa shape index (κ2) is 4.85. The number of halogens is 1. The van der Waals surface area contributed by atoms with Gasteiger partial charge in [-0.15, -0.1) is 12.4 Å². The molecule has 0 spiro atoms. The van der Waals surface area contributed by atoms with E-state index in [1.54, 1.807) is 12.1 Å². The average molecular weight is 255 g/mol. The van der Waals surface area contributed by atoms with Crippen LogP contribution >= 0.6 is 12.4 Å². The van der Waals surface area contributed by atoms with Gasteiger partial charge in [-0.05, 0) is 24.5 Å². The molecule has 5 heteroatoms. The summed E-state index contributed by atoms with van der Waals surface area (Å²) in [6, 6.07) is 5.23. The minimum absolute atomic E-state index is 0. The first-order valence-electron chi connectivity index (χ1n) is 5.26. The Morgan fingerprint density at radius 1 is 1.18 bits per heavy atom. The van der Waals surface area contributed by atoms with Gasteiger partial charge in [0.05, 0.1) is 11.1 Å². The number of amides is 2. The van der Waals surface area contributed by atoms with Gasteiger partial charge in [-0.3, -0.25) is 14.9 Å². The van der Waals surface area contributed by atoms with Crippen LogP contribution in [0.4, 0.5) is 0 Å². The molecule has 92 valence electrons. The van der Waals surface area contributed by atoms with E-state index >= 15 is 0 Å². The summed E-state index contributed by atoms with van der Waals surface area (Å²) in [5.74, 6) is -0.589. The van der Waals surface area contributed by atoms with Gasteiger partial charge in [0.15, 0.2) is 0 Å². The van der Waals surface area contributed by atoms with Gasteiger partial charge in [0.2, 0.25) is 0 Å². The monoisotopic (exact) mass is 254 g/mol. The van der Waals surface area contributed by atoms with Gasteiger partial charge in [-0.1, -0.05) is 19.1 Å². The van der Waals surface area contributed by atoms with Gasteiger partial charge in [0.1, 0.15) is 0 Å². The van der Waals surface area contributed by atoms with Crippen LogP contribution in [0.5, 0.6) is 0 Å². The van der Waals surface area contributed by atoms with Crippen LogP contribution in [0.2, 0.25) is 0 Å². The Hall–Kier alpha value is -1.39. The molecule has 4 nitrogen and oxygen atoms in total. The molecule has 2 rings (SSSR count). The second-order valence-electron chi connectivity index (χ2n) is 4.20. The summed E-state index contributed by atoms with van der Waals surface area (Å²) >= 11 is 0. The van der Waals surface area contributed by atoms with Crippen LogP contribution < -0.4 is 11.1 Å². The summed E-state index contributed by atoms with van der Waals surface area (Å²) in [7, 11) is 0. The molecule has 1 aliphatic rings. The van der Waals surface area contributed by atoms with Crippen molar-refractivity contribution in [1.82, 2.24) is 5.32 Å². The number of nitrogens with one attached hydrogen (secondary N) is 1. The first-order chi connectivity index (χ1) is 7.52. The van der Waals surface area contributed by atoms with E-state index in [-0.39, 0.29) is 36.2 Å². The molecule has 1 heterocycles. The van der Waals surface area contributed by atoms with Crippen LogP contribution in [-0.2, 0) is 0 Å². The van der Waals surface area contributed by atoms with Crippen LogP contribution in [0, 0.1) is 0 Å². The number of nitrogens with two attached hydrogens (primary N) is 1. The summed E-state index contributed by atoms with van der Waals surface area (Å²) in [5, 5.41) is 2.30. The molecular weight excluding hydrogens is 240 g/mol. The van der Waals surface area contributed by atoms with Crippen molar-refractivity contribution in [2.75, 3.05) is 0 Å². The van der Waals surface area contributed by atoms with E-state index in [2.05, 4.69) is 5.32 Å². The topological polar surface area (TPSA) is 72.2 Å². The van der Waals surface area contributed by atoms with Crippen molar-refractivity contribution in [3.8, 4) is 0 Å². The molecule has 0 bridgehead atoms. The molecule has 3 N–H and O–H groups in total.